The van der Waals surface area contributed by atoms with Crippen LogP contribution in [0.15, 0.2) is 25.5 Å². The first-order chi connectivity index (χ1) is 9.15. The Bertz CT molecular complexity index is 302. The normalized spacial score (nSPS) is 11.2. The molecule has 0 fully saturated rings. The summed E-state index contributed by atoms with van der Waals surface area (Å²) in [5.74, 6) is -0.475. The van der Waals surface area contributed by atoms with Gasteiger partial charge in [0, 0.05) is 0 Å². The fourth-order valence-corrected chi connectivity index (χ4v) is 1.43. The Hall–Kier alpha value is -1.78. The minimum atomic E-state index is -0.767. The number of hydrogen-bond donors (Lipinski definition) is 1. The van der Waals surface area contributed by atoms with E-state index in [1.807, 2.05) is 0 Å². The van der Waals surface area contributed by atoms with Crippen molar-refractivity contribution in [3.63, 3.8) is 0 Å². The molecular formula is C14H23NO4. The summed E-state index contributed by atoms with van der Waals surface area (Å²) in [6, 6.07) is -0.767. The van der Waals surface area contributed by atoms with Gasteiger partial charge in [-0.3, -0.25) is 0 Å². The Balaban J connectivity index is 4.06. The third kappa shape index (κ3) is 8.88. The zero-order valence-corrected chi connectivity index (χ0v) is 11.5. The van der Waals surface area contributed by atoms with Crippen molar-refractivity contribution in [2.75, 3.05) is 6.61 Å². The summed E-state index contributed by atoms with van der Waals surface area (Å²) in [6.07, 6.45) is 6.21. The van der Waals surface area contributed by atoms with Crippen molar-refractivity contribution >= 4 is 12.1 Å². The topological polar surface area (TPSA) is 64.6 Å². The van der Waals surface area contributed by atoms with Gasteiger partial charge in [0.25, 0.3) is 0 Å². The van der Waals surface area contributed by atoms with Gasteiger partial charge in [-0.05, 0) is 12.8 Å². The highest BCUT2D eigenvalue weighted by Gasteiger charge is 2.21. The smallest absolute Gasteiger partial charge is 0.412 e. The van der Waals surface area contributed by atoms with Crippen LogP contribution in [0.25, 0.3) is 0 Å². The molecule has 0 spiro atoms. The second-order valence-electron chi connectivity index (χ2n) is 4.02. The number of unbranched alkanes of at least 4 members (excludes halogenated alkanes) is 3. The zero-order chi connectivity index (χ0) is 14.5. The minimum absolute atomic E-state index is 0.292. The highest BCUT2D eigenvalue weighted by molar-refractivity contribution is 5.81. The van der Waals surface area contributed by atoms with Gasteiger partial charge in [0.05, 0.1) is 12.9 Å². The molecule has 0 heterocycles. The van der Waals surface area contributed by atoms with Gasteiger partial charge < -0.3 is 14.8 Å². The SMILES string of the molecule is C=CCC(NC(=O)OC=C)C(=O)OCCCCCC. The molecule has 0 saturated carbocycles. The van der Waals surface area contributed by atoms with Crippen LogP contribution in [0.3, 0.4) is 0 Å². The zero-order valence-electron chi connectivity index (χ0n) is 11.5. The number of hydrogen-bond acceptors (Lipinski definition) is 4. The maximum absolute atomic E-state index is 11.7. The summed E-state index contributed by atoms with van der Waals surface area (Å²) < 4.78 is 9.60. The van der Waals surface area contributed by atoms with Gasteiger partial charge in [-0.1, -0.05) is 38.8 Å². The molecule has 5 nitrogen and oxygen atoms in total. The summed E-state index contributed by atoms with van der Waals surface area (Å²) in [5, 5.41) is 2.39. The van der Waals surface area contributed by atoms with Gasteiger partial charge in [0.15, 0.2) is 0 Å². The molecule has 0 aliphatic rings. The lowest BCUT2D eigenvalue weighted by atomic mass is 10.2. The van der Waals surface area contributed by atoms with Gasteiger partial charge in [0.2, 0.25) is 0 Å². The lowest BCUT2D eigenvalue weighted by Crippen LogP contribution is -2.41. The van der Waals surface area contributed by atoms with Gasteiger partial charge in [0.1, 0.15) is 6.04 Å². The molecular weight excluding hydrogens is 246 g/mol. The molecule has 108 valence electrons. The number of ether oxygens (including phenoxy) is 2. The highest BCUT2D eigenvalue weighted by Crippen LogP contribution is 2.02. The lowest BCUT2D eigenvalue weighted by molar-refractivity contribution is -0.146. The van der Waals surface area contributed by atoms with Crippen molar-refractivity contribution < 1.29 is 19.1 Å². The molecule has 0 radical (unpaired) electrons. The van der Waals surface area contributed by atoms with E-state index < -0.39 is 18.1 Å². The number of esters is 1. The summed E-state index contributed by atoms with van der Waals surface area (Å²) in [4.78, 5) is 22.9. The van der Waals surface area contributed by atoms with Crippen LogP contribution >= 0.6 is 0 Å². The Morgan fingerprint density at radius 2 is 2.00 bits per heavy atom. The summed E-state index contributed by atoms with van der Waals surface area (Å²) in [7, 11) is 0. The number of amides is 1. The quantitative estimate of drug-likeness (QED) is 0.286. The van der Waals surface area contributed by atoms with Crippen molar-refractivity contribution in [1.29, 1.82) is 0 Å². The second-order valence-corrected chi connectivity index (χ2v) is 4.02. The standard InChI is InChI=1S/C14H23NO4/c1-4-7-8-9-11-19-13(16)12(10-5-2)15-14(17)18-6-3/h5-6,12H,2-4,7-11H2,1H3,(H,15,17). The van der Waals surface area contributed by atoms with Gasteiger partial charge in [-0.25, -0.2) is 9.59 Å². The maximum atomic E-state index is 11.7. The van der Waals surface area contributed by atoms with Gasteiger partial charge in [-0.2, -0.15) is 0 Å². The average molecular weight is 269 g/mol. The van der Waals surface area contributed by atoms with E-state index in [-0.39, 0.29) is 0 Å². The lowest BCUT2D eigenvalue weighted by Gasteiger charge is -2.15. The summed E-state index contributed by atoms with van der Waals surface area (Å²) in [5.41, 5.74) is 0. The van der Waals surface area contributed by atoms with Gasteiger partial charge in [-0.15, -0.1) is 6.58 Å². The predicted molar refractivity (Wildman–Crippen MR) is 73.5 cm³/mol. The fourth-order valence-electron chi connectivity index (χ4n) is 1.43. The van der Waals surface area contributed by atoms with E-state index in [4.69, 9.17) is 4.74 Å². The van der Waals surface area contributed by atoms with Crippen molar-refractivity contribution in [3.8, 4) is 0 Å². The molecule has 5 heteroatoms. The average Bonchev–Trinajstić information content (AvgIpc) is 2.38. The van der Waals surface area contributed by atoms with E-state index in [9.17, 15) is 9.59 Å². The van der Waals surface area contributed by atoms with Crippen LogP contribution in [0.1, 0.15) is 39.0 Å². The Kier molecular flexibility index (Phi) is 10.3. The fraction of sp³-hybridized carbons (Fsp3) is 0.571. The van der Waals surface area contributed by atoms with Crippen LogP contribution in [0.4, 0.5) is 4.79 Å². The molecule has 0 aliphatic carbocycles. The molecule has 1 N–H and O–H groups in total. The van der Waals surface area contributed by atoms with E-state index in [0.717, 1.165) is 31.9 Å². The molecule has 19 heavy (non-hydrogen) atoms. The first-order valence-corrected chi connectivity index (χ1v) is 6.51. The second kappa shape index (κ2) is 11.3. The third-order valence-corrected chi connectivity index (χ3v) is 2.41. The first-order valence-electron chi connectivity index (χ1n) is 6.51. The highest BCUT2D eigenvalue weighted by atomic mass is 16.5. The summed E-state index contributed by atoms with van der Waals surface area (Å²) >= 11 is 0. The number of carbonyl (C=O) groups is 2. The Labute approximate surface area is 114 Å². The molecule has 0 aromatic carbocycles. The molecule has 0 aromatic heterocycles. The van der Waals surface area contributed by atoms with Crippen LogP contribution in [0, 0.1) is 0 Å². The summed E-state index contributed by atoms with van der Waals surface area (Å²) in [6.45, 7) is 9.27. The van der Waals surface area contributed by atoms with E-state index in [1.54, 1.807) is 0 Å². The van der Waals surface area contributed by atoms with E-state index in [0.29, 0.717) is 13.0 Å². The third-order valence-electron chi connectivity index (χ3n) is 2.41. The van der Waals surface area contributed by atoms with E-state index in [2.05, 4.69) is 30.1 Å². The van der Waals surface area contributed by atoms with Gasteiger partial charge >= 0.3 is 12.1 Å². The van der Waals surface area contributed by atoms with Crippen molar-refractivity contribution in [1.82, 2.24) is 5.32 Å². The van der Waals surface area contributed by atoms with Crippen LogP contribution in [0.5, 0.6) is 0 Å². The predicted octanol–water partition coefficient (Wildman–Crippen LogP) is 2.92. The first kappa shape index (κ1) is 17.2. The van der Waals surface area contributed by atoms with Crippen LogP contribution < -0.4 is 5.32 Å². The Morgan fingerprint density at radius 3 is 2.58 bits per heavy atom. The molecule has 1 atom stereocenters. The molecule has 0 aliphatic heterocycles. The van der Waals surface area contributed by atoms with E-state index >= 15 is 0 Å². The van der Waals surface area contributed by atoms with Crippen molar-refractivity contribution in [2.24, 2.45) is 0 Å². The molecule has 0 aromatic rings. The minimum Gasteiger partial charge on any atom is -0.464 e. The van der Waals surface area contributed by atoms with Crippen LogP contribution in [0.2, 0.25) is 0 Å². The molecule has 1 amide bonds. The molecule has 0 bridgehead atoms. The van der Waals surface area contributed by atoms with Crippen molar-refractivity contribution in [2.45, 2.75) is 45.1 Å². The molecule has 1 unspecified atom stereocenters. The number of alkyl carbamates (subject to hydrolysis) is 1. The number of rotatable bonds is 10. The van der Waals surface area contributed by atoms with Crippen molar-refractivity contribution in [3.05, 3.63) is 25.5 Å². The largest absolute Gasteiger partial charge is 0.464 e. The number of carbonyl (C=O) groups excluding carboxylic acids is 2. The monoisotopic (exact) mass is 269 g/mol. The van der Waals surface area contributed by atoms with E-state index in [1.165, 1.54) is 6.08 Å². The molecule has 0 saturated heterocycles. The van der Waals surface area contributed by atoms with Crippen LogP contribution in [-0.2, 0) is 14.3 Å². The van der Waals surface area contributed by atoms with Crippen LogP contribution in [-0.4, -0.2) is 24.7 Å². The maximum Gasteiger partial charge on any atom is 0.412 e. The number of nitrogens with one attached hydrogen (secondary N) is 1. The Morgan fingerprint density at radius 1 is 1.26 bits per heavy atom. The molecule has 0 rings (SSSR count).